The van der Waals surface area contributed by atoms with Crippen LogP contribution in [0.1, 0.15) is 11.6 Å². The SMILES string of the molecule is O=C(O)[C@@H]1N[C@@H](c2ccccc2[N+](=O)[O-])CS1. The van der Waals surface area contributed by atoms with Crippen LogP contribution in [0.2, 0.25) is 0 Å². The largest absolute Gasteiger partial charge is 0.479 e. The highest BCUT2D eigenvalue weighted by Crippen LogP contribution is 2.33. The van der Waals surface area contributed by atoms with Gasteiger partial charge in [-0.05, 0) is 0 Å². The Kier molecular flexibility index (Phi) is 3.30. The second kappa shape index (κ2) is 4.72. The van der Waals surface area contributed by atoms with Gasteiger partial charge in [-0.3, -0.25) is 15.4 Å². The normalized spacial score (nSPS) is 23.5. The van der Waals surface area contributed by atoms with Gasteiger partial charge in [0.1, 0.15) is 0 Å². The summed E-state index contributed by atoms with van der Waals surface area (Å²) in [5.74, 6) is -0.432. The summed E-state index contributed by atoms with van der Waals surface area (Å²) in [4.78, 5) is 21.2. The van der Waals surface area contributed by atoms with Crippen molar-refractivity contribution in [1.82, 2.24) is 5.32 Å². The van der Waals surface area contributed by atoms with Gasteiger partial charge in [0.05, 0.1) is 4.92 Å². The molecule has 2 rings (SSSR count). The van der Waals surface area contributed by atoms with Crippen LogP contribution < -0.4 is 5.32 Å². The van der Waals surface area contributed by atoms with Gasteiger partial charge in [-0.2, -0.15) is 0 Å². The molecule has 2 atom stereocenters. The molecule has 0 spiro atoms. The predicted octanol–water partition coefficient (Wildman–Crippen LogP) is 1.38. The van der Waals surface area contributed by atoms with E-state index in [4.69, 9.17) is 5.11 Å². The summed E-state index contributed by atoms with van der Waals surface area (Å²) < 4.78 is 0. The molecule has 7 heteroatoms. The van der Waals surface area contributed by atoms with Crippen LogP contribution >= 0.6 is 11.8 Å². The van der Waals surface area contributed by atoms with Gasteiger partial charge in [0.2, 0.25) is 0 Å². The van der Waals surface area contributed by atoms with E-state index in [1.807, 2.05) is 0 Å². The molecule has 1 aliphatic rings. The number of aliphatic carboxylic acids is 1. The Morgan fingerprint density at radius 1 is 1.53 bits per heavy atom. The maximum atomic E-state index is 10.8. The van der Waals surface area contributed by atoms with Crippen LogP contribution in [0.5, 0.6) is 0 Å². The number of nitrogens with zero attached hydrogens (tertiary/aromatic N) is 1. The quantitative estimate of drug-likeness (QED) is 0.625. The molecular weight excluding hydrogens is 244 g/mol. The number of nitro benzene ring substituents is 1. The molecule has 1 aromatic rings. The Labute approximate surface area is 101 Å². The average Bonchev–Trinajstić information content (AvgIpc) is 2.78. The van der Waals surface area contributed by atoms with Gasteiger partial charge < -0.3 is 5.11 Å². The third kappa shape index (κ3) is 2.40. The molecule has 0 aromatic heterocycles. The number of nitrogens with one attached hydrogen (secondary N) is 1. The van der Waals surface area contributed by atoms with E-state index in [0.717, 1.165) is 0 Å². The van der Waals surface area contributed by atoms with E-state index >= 15 is 0 Å². The molecule has 2 N–H and O–H groups in total. The highest BCUT2D eigenvalue weighted by Gasteiger charge is 2.33. The molecule has 1 aliphatic heterocycles. The minimum Gasteiger partial charge on any atom is -0.479 e. The molecule has 0 unspecified atom stereocenters. The first kappa shape index (κ1) is 11.9. The topological polar surface area (TPSA) is 92.5 Å². The lowest BCUT2D eigenvalue weighted by Gasteiger charge is -2.11. The Bertz CT molecular complexity index is 465. The monoisotopic (exact) mass is 254 g/mol. The van der Waals surface area contributed by atoms with Crippen molar-refractivity contribution in [2.75, 3.05) is 5.75 Å². The number of hydrogen-bond acceptors (Lipinski definition) is 5. The number of carboxylic acid groups (broad SMARTS) is 1. The average molecular weight is 254 g/mol. The lowest BCUT2D eigenvalue weighted by molar-refractivity contribution is -0.385. The summed E-state index contributed by atoms with van der Waals surface area (Å²) in [5.41, 5.74) is 0.561. The number of para-hydroxylation sites is 1. The standard InChI is InChI=1S/C10H10N2O4S/c13-10(14)9-11-7(5-17-9)6-3-1-2-4-8(6)12(15)16/h1-4,7,9,11H,5H2,(H,13,14)/t7-,9-/m1/s1. The number of hydrogen-bond donors (Lipinski definition) is 2. The lowest BCUT2D eigenvalue weighted by Crippen LogP contribution is -2.30. The fraction of sp³-hybridized carbons (Fsp3) is 0.300. The molecule has 1 fully saturated rings. The van der Waals surface area contributed by atoms with Crippen LogP contribution in [0.4, 0.5) is 5.69 Å². The molecule has 1 aromatic carbocycles. The Hall–Kier alpha value is -1.60. The Morgan fingerprint density at radius 3 is 2.82 bits per heavy atom. The molecule has 0 bridgehead atoms. The van der Waals surface area contributed by atoms with Gasteiger partial charge >= 0.3 is 5.97 Å². The molecule has 6 nitrogen and oxygen atoms in total. The van der Waals surface area contributed by atoms with E-state index in [-0.39, 0.29) is 11.7 Å². The molecule has 1 heterocycles. The lowest BCUT2D eigenvalue weighted by atomic mass is 10.1. The number of benzene rings is 1. The zero-order chi connectivity index (χ0) is 12.4. The Morgan fingerprint density at radius 2 is 2.24 bits per heavy atom. The number of carbonyl (C=O) groups is 1. The van der Waals surface area contributed by atoms with Crippen molar-refractivity contribution in [3.63, 3.8) is 0 Å². The van der Waals surface area contributed by atoms with E-state index < -0.39 is 16.3 Å². The van der Waals surface area contributed by atoms with Gasteiger partial charge in [0.15, 0.2) is 5.37 Å². The zero-order valence-corrected chi connectivity index (χ0v) is 9.52. The van der Waals surface area contributed by atoms with Gasteiger partial charge in [-0.25, -0.2) is 4.79 Å². The van der Waals surface area contributed by atoms with Crippen molar-refractivity contribution in [1.29, 1.82) is 0 Å². The van der Waals surface area contributed by atoms with Crippen LogP contribution in [0.15, 0.2) is 24.3 Å². The third-order valence-corrected chi connectivity index (χ3v) is 3.71. The first-order valence-corrected chi connectivity index (χ1v) is 5.98. The van der Waals surface area contributed by atoms with Crippen LogP contribution in [0.3, 0.4) is 0 Å². The van der Waals surface area contributed by atoms with Gasteiger partial charge in [0, 0.05) is 23.4 Å². The summed E-state index contributed by atoms with van der Waals surface area (Å²) in [6.07, 6.45) is 0. The first-order valence-electron chi connectivity index (χ1n) is 4.93. The van der Waals surface area contributed by atoms with Gasteiger partial charge in [-0.15, -0.1) is 11.8 Å². The molecule has 0 radical (unpaired) electrons. The molecule has 0 aliphatic carbocycles. The fourth-order valence-electron chi connectivity index (χ4n) is 1.74. The van der Waals surface area contributed by atoms with Crippen LogP contribution in [0, 0.1) is 10.1 Å². The molecule has 17 heavy (non-hydrogen) atoms. The van der Waals surface area contributed by atoms with Crippen molar-refractivity contribution in [2.45, 2.75) is 11.4 Å². The van der Waals surface area contributed by atoms with E-state index in [9.17, 15) is 14.9 Å². The second-order valence-electron chi connectivity index (χ2n) is 3.59. The summed E-state index contributed by atoms with van der Waals surface area (Å²) in [7, 11) is 0. The molecule has 90 valence electrons. The van der Waals surface area contributed by atoms with Crippen molar-refractivity contribution < 1.29 is 14.8 Å². The molecule has 0 saturated carbocycles. The van der Waals surface area contributed by atoms with E-state index in [1.165, 1.54) is 17.8 Å². The summed E-state index contributed by atoms with van der Waals surface area (Å²) in [6.45, 7) is 0. The summed E-state index contributed by atoms with van der Waals surface area (Å²) in [5, 5.41) is 21.9. The smallest absolute Gasteiger partial charge is 0.331 e. The first-order chi connectivity index (χ1) is 8.09. The maximum Gasteiger partial charge on any atom is 0.331 e. The highest BCUT2D eigenvalue weighted by atomic mass is 32.2. The summed E-state index contributed by atoms with van der Waals surface area (Å²) in [6, 6.07) is 6.10. The number of carboxylic acids is 1. The van der Waals surface area contributed by atoms with Gasteiger partial charge in [0.25, 0.3) is 5.69 Å². The maximum absolute atomic E-state index is 10.8. The van der Waals surface area contributed by atoms with E-state index in [2.05, 4.69) is 5.32 Å². The van der Waals surface area contributed by atoms with Crippen LogP contribution in [0.25, 0.3) is 0 Å². The number of thioether (sulfide) groups is 1. The third-order valence-electron chi connectivity index (χ3n) is 2.52. The highest BCUT2D eigenvalue weighted by molar-refractivity contribution is 8.00. The molecule has 0 amide bonds. The minimum absolute atomic E-state index is 0.0247. The van der Waals surface area contributed by atoms with E-state index in [0.29, 0.717) is 11.3 Å². The van der Waals surface area contributed by atoms with Crippen molar-refractivity contribution in [3.05, 3.63) is 39.9 Å². The number of nitro groups is 1. The molecule has 1 saturated heterocycles. The van der Waals surface area contributed by atoms with Gasteiger partial charge in [-0.1, -0.05) is 18.2 Å². The number of rotatable bonds is 3. The summed E-state index contributed by atoms with van der Waals surface area (Å²) >= 11 is 1.24. The second-order valence-corrected chi connectivity index (χ2v) is 4.72. The van der Waals surface area contributed by atoms with Crippen molar-refractivity contribution in [2.24, 2.45) is 0 Å². The molecular formula is C10H10N2O4S. The Balaban J connectivity index is 2.24. The van der Waals surface area contributed by atoms with E-state index in [1.54, 1.807) is 18.2 Å². The zero-order valence-electron chi connectivity index (χ0n) is 8.70. The van der Waals surface area contributed by atoms with Crippen LogP contribution in [-0.4, -0.2) is 27.1 Å². The van der Waals surface area contributed by atoms with Crippen molar-refractivity contribution >= 4 is 23.4 Å². The van der Waals surface area contributed by atoms with Crippen LogP contribution in [-0.2, 0) is 4.79 Å². The predicted molar refractivity (Wildman–Crippen MR) is 62.9 cm³/mol. The van der Waals surface area contributed by atoms with Crippen molar-refractivity contribution in [3.8, 4) is 0 Å². The fourth-order valence-corrected chi connectivity index (χ4v) is 2.81. The minimum atomic E-state index is -0.948.